The minimum atomic E-state index is -0.168. The molecule has 0 aromatic carbocycles. The Hall–Kier alpha value is -1.21. The summed E-state index contributed by atoms with van der Waals surface area (Å²) in [5.41, 5.74) is 0. The van der Waals surface area contributed by atoms with E-state index in [2.05, 4.69) is 32.8 Å². The Kier molecular flexibility index (Phi) is 3.65. The number of likely N-dealkylation sites (N-methyl/N-ethyl adjacent to an activating group) is 1. The Morgan fingerprint density at radius 3 is 2.95 bits per heavy atom. The van der Waals surface area contributed by atoms with Gasteiger partial charge < -0.3 is 10.2 Å². The van der Waals surface area contributed by atoms with Crippen LogP contribution in [0.2, 0.25) is 0 Å². The fourth-order valence-electron chi connectivity index (χ4n) is 2.38. The van der Waals surface area contributed by atoms with Crippen LogP contribution in [0.3, 0.4) is 0 Å². The van der Waals surface area contributed by atoms with Crippen molar-refractivity contribution in [1.29, 1.82) is 0 Å². The second kappa shape index (κ2) is 5.42. The second-order valence-electron chi connectivity index (χ2n) is 5.42. The fourth-order valence-corrected chi connectivity index (χ4v) is 3.29. The molecule has 1 aliphatic heterocycles. The lowest BCUT2D eigenvalue weighted by Crippen LogP contribution is -2.47. The van der Waals surface area contributed by atoms with Crippen molar-refractivity contribution in [1.82, 2.24) is 20.4 Å². The molecule has 0 spiro atoms. The van der Waals surface area contributed by atoms with Gasteiger partial charge in [-0.3, -0.25) is 5.32 Å². The maximum atomic E-state index is 11.9. The zero-order valence-corrected chi connectivity index (χ0v) is 11.9. The Balaban J connectivity index is 1.49. The van der Waals surface area contributed by atoms with E-state index in [-0.39, 0.29) is 12.1 Å². The number of carbonyl (C=O) groups excluding carboxylic acids is 1. The molecule has 1 atom stereocenters. The number of carbonyl (C=O) groups is 1. The third kappa shape index (κ3) is 3.42. The summed E-state index contributed by atoms with van der Waals surface area (Å²) < 4.78 is 0. The maximum absolute atomic E-state index is 11.9. The molecule has 3 rings (SSSR count). The predicted octanol–water partition coefficient (Wildman–Crippen LogP) is 1.63. The quantitative estimate of drug-likeness (QED) is 0.883. The fraction of sp³-hybridized carbons (Fsp3) is 0.750. The molecular weight excluding hydrogens is 262 g/mol. The van der Waals surface area contributed by atoms with Crippen LogP contribution >= 0.6 is 11.3 Å². The highest BCUT2D eigenvalue weighted by Gasteiger charge is 2.28. The highest BCUT2D eigenvalue weighted by atomic mass is 32.1. The molecule has 1 aliphatic carbocycles. The first-order valence-corrected chi connectivity index (χ1v) is 7.62. The highest BCUT2D eigenvalue weighted by molar-refractivity contribution is 7.15. The maximum Gasteiger partial charge on any atom is 0.321 e. The summed E-state index contributed by atoms with van der Waals surface area (Å²) in [6.45, 7) is 2.03. The third-order valence-electron chi connectivity index (χ3n) is 3.55. The molecule has 0 unspecified atom stereocenters. The molecule has 6 nitrogen and oxygen atoms in total. The average molecular weight is 281 g/mol. The molecule has 2 aliphatic rings. The van der Waals surface area contributed by atoms with Crippen molar-refractivity contribution in [3.05, 3.63) is 5.01 Å². The number of rotatable bonds is 3. The number of urea groups is 1. The minimum Gasteiger partial charge on any atom is -0.334 e. The Labute approximate surface area is 116 Å². The lowest BCUT2D eigenvalue weighted by Gasteiger charge is -2.29. The van der Waals surface area contributed by atoms with Crippen LogP contribution in [0.4, 0.5) is 9.93 Å². The normalized spacial score (nSPS) is 24.2. The van der Waals surface area contributed by atoms with Crippen molar-refractivity contribution >= 4 is 22.5 Å². The molecule has 2 fully saturated rings. The summed E-state index contributed by atoms with van der Waals surface area (Å²) in [5, 5.41) is 15.6. The SMILES string of the molecule is CN1CCC[C@@H](NC(=O)Nc2nnc(C3CC3)s2)C1. The van der Waals surface area contributed by atoms with Crippen LogP contribution in [0, 0.1) is 0 Å². The first kappa shape index (κ1) is 12.8. The van der Waals surface area contributed by atoms with Gasteiger partial charge in [-0.25, -0.2) is 4.79 Å². The Morgan fingerprint density at radius 2 is 2.21 bits per heavy atom. The Morgan fingerprint density at radius 1 is 1.37 bits per heavy atom. The lowest BCUT2D eigenvalue weighted by molar-refractivity contribution is 0.216. The standard InChI is InChI=1S/C12H19N5OS/c1-17-6-2-3-9(7-17)13-11(18)14-12-16-15-10(19-12)8-4-5-8/h8-9H,2-7H2,1H3,(H2,13,14,16,18)/t9-/m1/s1. The molecule has 104 valence electrons. The minimum absolute atomic E-state index is 0.168. The number of amides is 2. The number of nitrogens with one attached hydrogen (secondary N) is 2. The second-order valence-corrected chi connectivity index (χ2v) is 6.43. The molecule has 0 bridgehead atoms. The molecule has 2 amide bonds. The van der Waals surface area contributed by atoms with E-state index in [0.717, 1.165) is 30.9 Å². The van der Waals surface area contributed by atoms with Gasteiger partial charge in [-0.1, -0.05) is 11.3 Å². The van der Waals surface area contributed by atoms with Gasteiger partial charge in [0.2, 0.25) is 5.13 Å². The van der Waals surface area contributed by atoms with Crippen molar-refractivity contribution in [2.24, 2.45) is 0 Å². The molecular formula is C12H19N5OS. The first-order chi connectivity index (χ1) is 9.20. The van der Waals surface area contributed by atoms with Crippen LogP contribution in [-0.2, 0) is 0 Å². The number of hydrogen-bond acceptors (Lipinski definition) is 5. The summed E-state index contributed by atoms with van der Waals surface area (Å²) >= 11 is 1.49. The summed E-state index contributed by atoms with van der Waals surface area (Å²) in [4.78, 5) is 14.1. The van der Waals surface area contributed by atoms with Crippen molar-refractivity contribution in [2.45, 2.75) is 37.6 Å². The topological polar surface area (TPSA) is 70.2 Å². The molecule has 0 radical (unpaired) electrons. The molecule has 1 aromatic rings. The summed E-state index contributed by atoms with van der Waals surface area (Å²) in [7, 11) is 2.08. The molecule has 1 saturated heterocycles. The number of hydrogen-bond donors (Lipinski definition) is 2. The Bertz CT molecular complexity index is 459. The summed E-state index contributed by atoms with van der Waals surface area (Å²) in [5.74, 6) is 0.586. The van der Waals surface area contributed by atoms with Crippen molar-refractivity contribution in [3.8, 4) is 0 Å². The van der Waals surface area contributed by atoms with Crippen molar-refractivity contribution < 1.29 is 4.79 Å². The van der Waals surface area contributed by atoms with E-state index in [1.807, 2.05) is 0 Å². The van der Waals surface area contributed by atoms with Gasteiger partial charge in [0.05, 0.1) is 0 Å². The number of piperidine rings is 1. The van der Waals surface area contributed by atoms with Gasteiger partial charge in [-0.15, -0.1) is 10.2 Å². The van der Waals surface area contributed by atoms with E-state index in [0.29, 0.717) is 11.0 Å². The van der Waals surface area contributed by atoms with Crippen molar-refractivity contribution in [3.63, 3.8) is 0 Å². The van der Waals surface area contributed by atoms with E-state index >= 15 is 0 Å². The number of anilines is 1. The molecule has 19 heavy (non-hydrogen) atoms. The van der Waals surface area contributed by atoms with Crippen LogP contribution in [0.5, 0.6) is 0 Å². The lowest BCUT2D eigenvalue weighted by atomic mass is 10.1. The monoisotopic (exact) mass is 281 g/mol. The van der Waals surface area contributed by atoms with Crippen molar-refractivity contribution in [2.75, 3.05) is 25.5 Å². The summed E-state index contributed by atoms with van der Waals surface area (Å²) in [6.07, 6.45) is 4.58. The van der Waals surface area contributed by atoms with E-state index < -0.39 is 0 Å². The van der Waals surface area contributed by atoms with Gasteiger partial charge in [-0.2, -0.15) is 0 Å². The van der Waals surface area contributed by atoms with E-state index in [1.165, 1.54) is 24.2 Å². The number of nitrogens with zero attached hydrogens (tertiary/aromatic N) is 3. The smallest absolute Gasteiger partial charge is 0.321 e. The molecule has 1 saturated carbocycles. The van der Waals surface area contributed by atoms with Gasteiger partial charge in [0.1, 0.15) is 5.01 Å². The molecule has 7 heteroatoms. The molecule has 1 aromatic heterocycles. The molecule has 2 heterocycles. The van der Waals surface area contributed by atoms with Crippen LogP contribution in [0.25, 0.3) is 0 Å². The van der Waals surface area contributed by atoms with E-state index in [9.17, 15) is 4.79 Å². The van der Waals surface area contributed by atoms with Gasteiger partial charge in [-0.05, 0) is 39.3 Å². The van der Waals surface area contributed by atoms with Gasteiger partial charge in [0, 0.05) is 18.5 Å². The highest BCUT2D eigenvalue weighted by Crippen LogP contribution is 2.41. The van der Waals surface area contributed by atoms with Gasteiger partial charge in [0.25, 0.3) is 0 Å². The van der Waals surface area contributed by atoms with Gasteiger partial charge >= 0.3 is 6.03 Å². The zero-order chi connectivity index (χ0) is 13.2. The first-order valence-electron chi connectivity index (χ1n) is 6.80. The van der Waals surface area contributed by atoms with Crippen LogP contribution < -0.4 is 10.6 Å². The van der Waals surface area contributed by atoms with E-state index in [1.54, 1.807) is 0 Å². The van der Waals surface area contributed by atoms with Crippen LogP contribution in [-0.4, -0.2) is 47.3 Å². The number of aromatic nitrogens is 2. The van der Waals surface area contributed by atoms with Crippen LogP contribution in [0.1, 0.15) is 36.6 Å². The third-order valence-corrected chi connectivity index (χ3v) is 4.55. The average Bonchev–Trinajstić information content (AvgIpc) is 3.11. The van der Waals surface area contributed by atoms with E-state index in [4.69, 9.17) is 0 Å². The number of likely N-dealkylation sites (tertiary alicyclic amines) is 1. The van der Waals surface area contributed by atoms with Crippen LogP contribution in [0.15, 0.2) is 0 Å². The molecule has 2 N–H and O–H groups in total. The predicted molar refractivity (Wildman–Crippen MR) is 74.6 cm³/mol. The van der Waals surface area contributed by atoms with Gasteiger partial charge in [0.15, 0.2) is 0 Å². The summed E-state index contributed by atoms with van der Waals surface area (Å²) in [6, 6.07) is 0.0633. The zero-order valence-electron chi connectivity index (χ0n) is 11.1. The largest absolute Gasteiger partial charge is 0.334 e.